The first-order chi connectivity index (χ1) is 12.1. The third kappa shape index (κ3) is 4.75. The van der Waals surface area contributed by atoms with Crippen molar-refractivity contribution in [2.45, 2.75) is 46.1 Å². The molecule has 134 valence electrons. The minimum absolute atomic E-state index is 0.117. The van der Waals surface area contributed by atoms with E-state index in [9.17, 15) is 4.79 Å². The molecular weight excluding hydrogens is 314 g/mol. The number of nitrogens with one attached hydrogen (secondary N) is 1. The summed E-state index contributed by atoms with van der Waals surface area (Å²) in [5.41, 5.74) is 3.22. The van der Waals surface area contributed by atoms with Crippen LogP contribution in [0.4, 0.5) is 5.69 Å². The summed E-state index contributed by atoms with van der Waals surface area (Å²) in [4.78, 5) is 12.7. The topological polar surface area (TPSA) is 47.6 Å². The molecule has 0 aromatic heterocycles. The standard InChI is InChI=1S/C21H27NO3/c1-5-15-9-8-10-16(6-2)20(15)22-21(23)19(7-3)25-18-13-11-17(24-4)12-14-18/h8-14,19H,5-7H2,1-4H3,(H,22,23)/t19-/m1/s1. The van der Waals surface area contributed by atoms with Crippen LogP contribution >= 0.6 is 0 Å². The Bertz CT molecular complexity index is 673. The second-order valence-electron chi connectivity index (χ2n) is 5.84. The van der Waals surface area contributed by atoms with E-state index in [1.165, 1.54) is 0 Å². The summed E-state index contributed by atoms with van der Waals surface area (Å²) in [6.07, 6.45) is 1.80. The molecular formula is C21H27NO3. The summed E-state index contributed by atoms with van der Waals surface area (Å²) in [5.74, 6) is 1.30. The van der Waals surface area contributed by atoms with E-state index in [0.717, 1.165) is 35.4 Å². The first kappa shape index (κ1) is 18.8. The van der Waals surface area contributed by atoms with Crippen molar-refractivity contribution in [2.75, 3.05) is 12.4 Å². The Kier molecular flexibility index (Phi) is 6.87. The molecule has 25 heavy (non-hydrogen) atoms. The predicted molar refractivity (Wildman–Crippen MR) is 102 cm³/mol. The van der Waals surface area contributed by atoms with E-state index in [0.29, 0.717) is 12.2 Å². The van der Waals surface area contributed by atoms with Crippen LogP contribution in [0.3, 0.4) is 0 Å². The van der Waals surface area contributed by atoms with Gasteiger partial charge in [-0.15, -0.1) is 0 Å². The molecule has 0 saturated carbocycles. The van der Waals surface area contributed by atoms with Gasteiger partial charge in [0.05, 0.1) is 7.11 Å². The van der Waals surface area contributed by atoms with E-state index >= 15 is 0 Å². The molecule has 0 aliphatic heterocycles. The number of benzene rings is 2. The summed E-state index contributed by atoms with van der Waals surface area (Å²) in [6.45, 7) is 6.13. The highest BCUT2D eigenvalue weighted by Gasteiger charge is 2.20. The van der Waals surface area contributed by atoms with Crippen LogP contribution in [0.25, 0.3) is 0 Å². The number of para-hydroxylation sites is 1. The van der Waals surface area contributed by atoms with Crippen LogP contribution in [0.15, 0.2) is 42.5 Å². The molecule has 0 radical (unpaired) electrons. The lowest BCUT2D eigenvalue weighted by atomic mass is 10.0. The summed E-state index contributed by atoms with van der Waals surface area (Å²) >= 11 is 0. The molecule has 0 aliphatic carbocycles. The minimum Gasteiger partial charge on any atom is -0.497 e. The van der Waals surface area contributed by atoms with Gasteiger partial charge in [0, 0.05) is 5.69 Å². The zero-order chi connectivity index (χ0) is 18.2. The van der Waals surface area contributed by atoms with Crippen LogP contribution in [-0.4, -0.2) is 19.1 Å². The Balaban J connectivity index is 2.14. The average molecular weight is 341 g/mol. The number of hydrogen-bond donors (Lipinski definition) is 1. The lowest BCUT2D eigenvalue weighted by molar-refractivity contribution is -0.122. The molecule has 0 unspecified atom stereocenters. The van der Waals surface area contributed by atoms with E-state index in [4.69, 9.17) is 9.47 Å². The van der Waals surface area contributed by atoms with Crippen LogP contribution < -0.4 is 14.8 Å². The molecule has 0 heterocycles. The fraction of sp³-hybridized carbons (Fsp3) is 0.381. The number of methoxy groups -OCH3 is 1. The third-order valence-corrected chi connectivity index (χ3v) is 4.25. The van der Waals surface area contributed by atoms with Crippen molar-refractivity contribution in [3.63, 3.8) is 0 Å². The fourth-order valence-corrected chi connectivity index (χ4v) is 2.75. The van der Waals surface area contributed by atoms with Gasteiger partial charge in [0.1, 0.15) is 11.5 Å². The molecule has 0 spiro atoms. The first-order valence-corrected chi connectivity index (χ1v) is 8.85. The van der Waals surface area contributed by atoms with Gasteiger partial charge in [-0.2, -0.15) is 0 Å². The van der Waals surface area contributed by atoms with Crippen LogP contribution in [-0.2, 0) is 17.6 Å². The number of carbonyl (C=O) groups is 1. The quantitative estimate of drug-likeness (QED) is 0.762. The van der Waals surface area contributed by atoms with Crippen molar-refractivity contribution in [3.05, 3.63) is 53.6 Å². The predicted octanol–water partition coefficient (Wildman–Crippen LogP) is 4.62. The van der Waals surface area contributed by atoms with E-state index in [1.54, 1.807) is 7.11 Å². The Labute approximate surface area is 150 Å². The Hall–Kier alpha value is -2.49. The molecule has 0 saturated heterocycles. The van der Waals surface area contributed by atoms with Crippen molar-refractivity contribution in [2.24, 2.45) is 0 Å². The number of amides is 1. The molecule has 1 amide bonds. The molecule has 0 aliphatic rings. The van der Waals surface area contributed by atoms with Gasteiger partial charge in [0.15, 0.2) is 6.10 Å². The number of rotatable bonds is 8. The molecule has 2 rings (SSSR count). The second-order valence-corrected chi connectivity index (χ2v) is 5.84. The zero-order valence-electron chi connectivity index (χ0n) is 15.5. The Morgan fingerprint density at radius 2 is 1.52 bits per heavy atom. The Morgan fingerprint density at radius 1 is 0.960 bits per heavy atom. The van der Waals surface area contributed by atoms with Crippen molar-refractivity contribution < 1.29 is 14.3 Å². The van der Waals surface area contributed by atoms with Crippen LogP contribution in [0.5, 0.6) is 11.5 Å². The molecule has 4 heteroatoms. The van der Waals surface area contributed by atoms with Crippen molar-refractivity contribution in [3.8, 4) is 11.5 Å². The molecule has 2 aromatic rings. The van der Waals surface area contributed by atoms with E-state index in [2.05, 4.69) is 31.3 Å². The smallest absolute Gasteiger partial charge is 0.265 e. The summed E-state index contributed by atoms with van der Waals surface area (Å²) < 4.78 is 11.0. The molecule has 4 nitrogen and oxygen atoms in total. The first-order valence-electron chi connectivity index (χ1n) is 8.85. The van der Waals surface area contributed by atoms with Gasteiger partial charge >= 0.3 is 0 Å². The summed E-state index contributed by atoms with van der Waals surface area (Å²) in [7, 11) is 1.62. The lowest BCUT2D eigenvalue weighted by Crippen LogP contribution is -2.33. The SMILES string of the molecule is CCc1cccc(CC)c1NC(=O)[C@@H](CC)Oc1ccc(OC)cc1. The van der Waals surface area contributed by atoms with Crippen LogP contribution in [0.2, 0.25) is 0 Å². The monoisotopic (exact) mass is 341 g/mol. The average Bonchev–Trinajstić information content (AvgIpc) is 2.66. The number of carbonyl (C=O) groups excluding carboxylic acids is 1. The van der Waals surface area contributed by atoms with Gasteiger partial charge in [0.2, 0.25) is 0 Å². The van der Waals surface area contributed by atoms with Gasteiger partial charge in [0.25, 0.3) is 5.91 Å². The van der Waals surface area contributed by atoms with Crippen molar-refractivity contribution >= 4 is 11.6 Å². The second kappa shape index (κ2) is 9.11. The van der Waals surface area contributed by atoms with E-state index in [1.807, 2.05) is 37.3 Å². The maximum absolute atomic E-state index is 12.7. The van der Waals surface area contributed by atoms with Gasteiger partial charge in [-0.25, -0.2) is 0 Å². The lowest BCUT2D eigenvalue weighted by Gasteiger charge is -2.20. The minimum atomic E-state index is -0.539. The molecule has 2 aromatic carbocycles. The molecule has 0 bridgehead atoms. The highest BCUT2D eigenvalue weighted by molar-refractivity contribution is 5.95. The number of anilines is 1. The summed E-state index contributed by atoms with van der Waals surface area (Å²) in [6, 6.07) is 13.4. The van der Waals surface area contributed by atoms with Crippen molar-refractivity contribution in [1.82, 2.24) is 0 Å². The van der Waals surface area contributed by atoms with Crippen LogP contribution in [0.1, 0.15) is 38.3 Å². The maximum atomic E-state index is 12.7. The molecule has 0 fully saturated rings. The highest BCUT2D eigenvalue weighted by Crippen LogP contribution is 2.24. The zero-order valence-corrected chi connectivity index (χ0v) is 15.5. The number of ether oxygens (including phenoxy) is 2. The van der Waals surface area contributed by atoms with Crippen LogP contribution in [0, 0.1) is 0 Å². The maximum Gasteiger partial charge on any atom is 0.265 e. The largest absolute Gasteiger partial charge is 0.497 e. The third-order valence-electron chi connectivity index (χ3n) is 4.25. The molecule has 1 atom stereocenters. The van der Waals surface area contributed by atoms with Gasteiger partial charge < -0.3 is 14.8 Å². The highest BCUT2D eigenvalue weighted by atomic mass is 16.5. The molecule has 1 N–H and O–H groups in total. The number of aryl methyl sites for hydroxylation is 2. The Morgan fingerprint density at radius 3 is 2.00 bits per heavy atom. The van der Waals surface area contributed by atoms with Crippen molar-refractivity contribution in [1.29, 1.82) is 0 Å². The van der Waals surface area contributed by atoms with Gasteiger partial charge in [-0.1, -0.05) is 39.0 Å². The summed E-state index contributed by atoms with van der Waals surface area (Å²) in [5, 5.41) is 3.09. The normalized spacial score (nSPS) is 11.7. The van der Waals surface area contributed by atoms with E-state index < -0.39 is 6.10 Å². The fourth-order valence-electron chi connectivity index (χ4n) is 2.75. The number of hydrogen-bond acceptors (Lipinski definition) is 3. The van der Waals surface area contributed by atoms with Gasteiger partial charge in [-0.05, 0) is 54.7 Å². The van der Waals surface area contributed by atoms with Gasteiger partial charge in [-0.3, -0.25) is 4.79 Å². The van der Waals surface area contributed by atoms with E-state index in [-0.39, 0.29) is 5.91 Å².